The molecule has 0 fully saturated rings. The molecule has 0 aliphatic rings. The van der Waals surface area contributed by atoms with Crippen LogP contribution in [0.1, 0.15) is 42.2 Å². The number of fused-ring (bicyclic) bond motifs is 1. The van der Waals surface area contributed by atoms with Crippen LogP contribution in [-0.4, -0.2) is 16.1 Å². The lowest BCUT2D eigenvalue weighted by molar-refractivity contribution is -0.138. The van der Waals surface area contributed by atoms with Gasteiger partial charge in [0.05, 0.1) is 11.6 Å². The molecule has 6 heteroatoms. The van der Waals surface area contributed by atoms with Gasteiger partial charge < -0.3 is 14.3 Å². The second kappa shape index (κ2) is 6.65. The van der Waals surface area contributed by atoms with Crippen LogP contribution < -0.4 is 4.74 Å². The van der Waals surface area contributed by atoms with Gasteiger partial charge in [-0.1, -0.05) is 6.92 Å². The molecule has 1 aromatic carbocycles. The highest BCUT2D eigenvalue weighted by atomic mass is 32.1. The van der Waals surface area contributed by atoms with Crippen molar-refractivity contribution in [3.05, 3.63) is 46.5 Å². The van der Waals surface area contributed by atoms with Gasteiger partial charge in [-0.05, 0) is 47.9 Å². The average Bonchev–Trinajstić information content (AvgIpc) is 3.08. The highest BCUT2D eigenvalue weighted by Crippen LogP contribution is 2.35. The number of aliphatic carboxylic acids is 1. The van der Waals surface area contributed by atoms with Crippen molar-refractivity contribution in [2.24, 2.45) is 0 Å². The van der Waals surface area contributed by atoms with Gasteiger partial charge in [-0.3, -0.25) is 4.79 Å². The van der Waals surface area contributed by atoms with E-state index in [9.17, 15) is 9.90 Å². The summed E-state index contributed by atoms with van der Waals surface area (Å²) in [5, 5.41) is 12.3. The fraction of sp³-hybridized carbons (Fsp3) is 0.333. The number of hydrogen-bond acceptors (Lipinski definition) is 5. The lowest BCUT2D eigenvalue weighted by Gasteiger charge is -2.09. The quantitative estimate of drug-likeness (QED) is 0.703. The molecule has 0 aliphatic heterocycles. The number of carboxylic acid groups (broad SMARTS) is 1. The smallest absolute Gasteiger partial charge is 0.311 e. The minimum Gasteiger partial charge on any atom is -0.486 e. The maximum absolute atomic E-state index is 11.4. The minimum absolute atomic E-state index is 0.323. The summed E-state index contributed by atoms with van der Waals surface area (Å²) in [4.78, 5) is 15.6. The summed E-state index contributed by atoms with van der Waals surface area (Å²) in [5.74, 6) is 0.826. The van der Waals surface area contributed by atoms with Gasteiger partial charge in [0.1, 0.15) is 12.4 Å². The number of carbonyl (C=O) groups is 1. The van der Waals surface area contributed by atoms with Gasteiger partial charge in [0.25, 0.3) is 0 Å². The van der Waals surface area contributed by atoms with Crippen LogP contribution in [0, 0.1) is 13.8 Å². The molecule has 126 valence electrons. The molecule has 1 atom stereocenters. The second-order valence-corrected chi connectivity index (χ2v) is 6.59. The molecule has 0 saturated heterocycles. The van der Waals surface area contributed by atoms with Gasteiger partial charge in [-0.2, -0.15) is 0 Å². The zero-order valence-electron chi connectivity index (χ0n) is 13.8. The Morgan fingerprint density at radius 1 is 1.42 bits per heavy atom. The first kappa shape index (κ1) is 16.5. The second-order valence-electron chi connectivity index (χ2n) is 5.68. The molecule has 2 aromatic heterocycles. The average molecular weight is 345 g/mol. The third-order valence-corrected chi connectivity index (χ3v) is 4.99. The van der Waals surface area contributed by atoms with E-state index < -0.39 is 11.9 Å². The number of aryl methyl sites for hydroxylation is 2. The first-order valence-electron chi connectivity index (χ1n) is 7.79. The van der Waals surface area contributed by atoms with E-state index in [2.05, 4.69) is 4.98 Å². The van der Waals surface area contributed by atoms with Crippen LogP contribution >= 0.6 is 11.3 Å². The molecule has 0 spiro atoms. The van der Waals surface area contributed by atoms with E-state index in [1.165, 1.54) is 11.3 Å². The maximum atomic E-state index is 11.4. The number of benzene rings is 1. The Labute approximate surface area is 143 Å². The molecule has 24 heavy (non-hydrogen) atoms. The molecule has 0 saturated carbocycles. The standard InChI is InChI=1S/C18H19NO4S/c1-4-13(18(20)21)15-9-24-17-7-12(5-6-14(15)17)22-8-16-10(2)19-11(3)23-16/h5-7,9,13H,4,8H2,1-3H3,(H,20,21). The summed E-state index contributed by atoms with van der Waals surface area (Å²) in [6.45, 7) is 5.91. The van der Waals surface area contributed by atoms with Crippen molar-refractivity contribution in [2.75, 3.05) is 0 Å². The summed E-state index contributed by atoms with van der Waals surface area (Å²) in [6.07, 6.45) is 0.573. The Hall–Kier alpha value is -2.34. The van der Waals surface area contributed by atoms with Gasteiger partial charge in [0.15, 0.2) is 11.7 Å². The molecule has 0 aliphatic carbocycles. The number of nitrogens with zero attached hydrogens (tertiary/aromatic N) is 1. The van der Waals surface area contributed by atoms with Gasteiger partial charge >= 0.3 is 5.97 Å². The predicted octanol–water partition coefficient (Wildman–Crippen LogP) is 4.66. The summed E-state index contributed by atoms with van der Waals surface area (Å²) in [7, 11) is 0. The zero-order chi connectivity index (χ0) is 17.3. The van der Waals surface area contributed by atoms with Crippen LogP contribution in [0.15, 0.2) is 28.0 Å². The molecule has 0 radical (unpaired) electrons. The van der Waals surface area contributed by atoms with E-state index in [0.717, 1.165) is 32.9 Å². The lowest BCUT2D eigenvalue weighted by Crippen LogP contribution is -2.09. The van der Waals surface area contributed by atoms with Crippen LogP contribution in [-0.2, 0) is 11.4 Å². The number of thiophene rings is 1. The van der Waals surface area contributed by atoms with Gasteiger partial charge in [-0.25, -0.2) is 4.98 Å². The van der Waals surface area contributed by atoms with E-state index in [0.29, 0.717) is 18.9 Å². The fourth-order valence-corrected chi connectivity index (χ4v) is 3.81. The van der Waals surface area contributed by atoms with Gasteiger partial charge in [-0.15, -0.1) is 11.3 Å². The number of hydrogen-bond donors (Lipinski definition) is 1. The van der Waals surface area contributed by atoms with Crippen LogP contribution in [0.4, 0.5) is 0 Å². The van der Waals surface area contributed by atoms with Crippen molar-refractivity contribution >= 4 is 27.4 Å². The molecule has 0 amide bonds. The highest BCUT2D eigenvalue weighted by molar-refractivity contribution is 7.17. The summed E-state index contributed by atoms with van der Waals surface area (Å²) >= 11 is 1.54. The maximum Gasteiger partial charge on any atom is 0.311 e. The van der Waals surface area contributed by atoms with Crippen molar-refractivity contribution in [3.63, 3.8) is 0 Å². The van der Waals surface area contributed by atoms with Gasteiger partial charge in [0.2, 0.25) is 0 Å². The van der Waals surface area contributed by atoms with Gasteiger partial charge in [0, 0.05) is 11.6 Å². The van der Waals surface area contributed by atoms with Crippen LogP contribution in [0.3, 0.4) is 0 Å². The monoisotopic (exact) mass is 345 g/mol. The Balaban J connectivity index is 1.82. The number of oxazole rings is 1. The fourth-order valence-electron chi connectivity index (χ4n) is 2.77. The molecular weight excluding hydrogens is 326 g/mol. The van der Waals surface area contributed by atoms with Crippen LogP contribution in [0.25, 0.3) is 10.1 Å². The highest BCUT2D eigenvalue weighted by Gasteiger charge is 2.21. The molecule has 5 nitrogen and oxygen atoms in total. The Morgan fingerprint density at radius 2 is 2.21 bits per heavy atom. The van der Waals surface area contributed by atoms with Crippen molar-refractivity contribution in [1.29, 1.82) is 0 Å². The first-order chi connectivity index (χ1) is 11.5. The van der Waals surface area contributed by atoms with E-state index >= 15 is 0 Å². The lowest BCUT2D eigenvalue weighted by atomic mass is 9.96. The third-order valence-electron chi connectivity index (χ3n) is 4.03. The van der Waals surface area contributed by atoms with Crippen molar-refractivity contribution in [3.8, 4) is 5.75 Å². The molecular formula is C18H19NO4S. The topological polar surface area (TPSA) is 72.6 Å². The van der Waals surface area contributed by atoms with E-state index in [1.807, 2.05) is 44.4 Å². The molecule has 2 heterocycles. The van der Waals surface area contributed by atoms with Crippen molar-refractivity contribution in [2.45, 2.75) is 39.7 Å². The minimum atomic E-state index is -0.784. The molecule has 0 bridgehead atoms. The Morgan fingerprint density at radius 3 is 2.83 bits per heavy atom. The number of carboxylic acids is 1. The molecule has 3 rings (SSSR count). The first-order valence-corrected chi connectivity index (χ1v) is 8.67. The van der Waals surface area contributed by atoms with Crippen LogP contribution in [0.2, 0.25) is 0 Å². The van der Waals surface area contributed by atoms with E-state index in [-0.39, 0.29) is 0 Å². The zero-order valence-corrected chi connectivity index (χ0v) is 14.6. The Kier molecular flexibility index (Phi) is 4.57. The molecule has 3 aromatic rings. The summed E-state index contributed by atoms with van der Waals surface area (Å²) in [6, 6.07) is 5.74. The summed E-state index contributed by atoms with van der Waals surface area (Å²) < 4.78 is 12.3. The molecule has 1 unspecified atom stereocenters. The number of aromatic nitrogens is 1. The van der Waals surface area contributed by atoms with Crippen LogP contribution in [0.5, 0.6) is 5.75 Å². The molecule has 1 N–H and O–H groups in total. The van der Waals surface area contributed by atoms with Crippen molar-refractivity contribution in [1.82, 2.24) is 4.98 Å². The number of ether oxygens (including phenoxy) is 1. The summed E-state index contributed by atoms with van der Waals surface area (Å²) in [5.41, 5.74) is 1.71. The third kappa shape index (κ3) is 3.14. The largest absolute Gasteiger partial charge is 0.486 e. The van der Waals surface area contributed by atoms with Crippen molar-refractivity contribution < 1.29 is 19.1 Å². The van der Waals surface area contributed by atoms with E-state index in [1.54, 1.807) is 0 Å². The normalized spacial score (nSPS) is 12.5. The SMILES string of the molecule is CCC(C(=O)O)c1csc2cc(OCc3oc(C)nc3C)ccc12. The Bertz CT molecular complexity index is 880. The van der Waals surface area contributed by atoms with E-state index in [4.69, 9.17) is 9.15 Å². The predicted molar refractivity (Wildman–Crippen MR) is 92.8 cm³/mol. The number of rotatable bonds is 6.